The quantitative estimate of drug-likeness (QED) is 0.817. The number of benzene rings is 1. The van der Waals surface area contributed by atoms with Crippen molar-refractivity contribution in [1.82, 2.24) is 5.32 Å². The van der Waals surface area contributed by atoms with Gasteiger partial charge in [0.25, 0.3) is 0 Å². The van der Waals surface area contributed by atoms with E-state index in [9.17, 15) is 0 Å². The molecule has 1 aromatic rings. The van der Waals surface area contributed by atoms with Crippen LogP contribution < -0.4 is 5.32 Å². The number of aryl methyl sites for hydroxylation is 3. The predicted molar refractivity (Wildman–Crippen MR) is 77.0 cm³/mol. The summed E-state index contributed by atoms with van der Waals surface area (Å²) in [5.41, 5.74) is 4.24. The Bertz CT molecular complexity index is 358. The molecule has 0 spiro atoms. The summed E-state index contributed by atoms with van der Waals surface area (Å²) in [6.45, 7) is 7.85. The van der Waals surface area contributed by atoms with Gasteiger partial charge in [0.15, 0.2) is 0 Å². The fourth-order valence-corrected chi connectivity index (χ4v) is 3.87. The van der Waals surface area contributed by atoms with E-state index in [1.165, 1.54) is 53.1 Å². The van der Waals surface area contributed by atoms with Crippen LogP contribution in [0.1, 0.15) is 36.0 Å². The molecule has 0 saturated carbocycles. The Kier molecular flexibility index (Phi) is 4.52. The van der Waals surface area contributed by atoms with Crippen LogP contribution in [0, 0.1) is 20.8 Å². The Morgan fingerprint density at radius 3 is 2.47 bits per heavy atom. The van der Waals surface area contributed by atoms with Crippen LogP contribution in [0.2, 0.25) is 0 Å². The fraction of sp³-hybridized carbons (Fsp3) is 0.600. The molecule has 1 atom stereocenters. The zero-order valence-electron chi connectivity index (χ0n) is 11.2. The third-order valence-electron chi connectivity index (χ3n) is 3.45. The zero-order valence-corrected chi connectivity index (χ0v) is 12.0. The third kappa shape index (κ3) is 3.49. The average Bonchev–Trinajstić information content (AvgIpc) is 2.29. The minimum Gasteiger partial charge on any atom is -0.313 e. The molecule has 1 unspecified atom stereocenters. The van der Waals surface area contributed by atoms with Crippen molar-refractivity contribution < 1.29 is 0 Å². The number of hydrogen-bond donors (Lipinski definition) is 1. The van der Waals surface area contributed by atoms with Gasteiger partial charge >= 0.3 is 0 Å². The second kappa shape index (κ2) is 5.92. The second-order valence-corrected chi connectivity index (χ2v) is 6.22. The lowest BCUT2D eigenvalue weighted by Gasteiger charge is -2.23. The third-order valence-corrected chi connectivity index (χ3v) is 4.95. The second-order valence-electron chi connectivity index (χ2n) is 5.19. The molecule has 2 rings (SSSR count). The van der Waals surface area contributed by atoms with Gasteiger partial charge in [0.1, 0.15) is 0 Å². The summed E-state index contributed by atoms with van der Waals surface area (Å²) in [5, 5.41) is 3.62. The van der Waals surface area contributed by atoms with Crippen molar-refractivity contribution in [2.45, 2.75) is 51.0 Å². The first-order valence-corrected chi connectivity index (χ1v) is 7.59. The Hall–Kier alpha value is -0.470. The monoisotopic (exact) mass is 249 g/mol. The molecule has 1 nitrogen and oxygen atoms in total. The molecule has 0 aliphatic carbocycles. The first-order valence-electron chi connectivity index (χ1n) is 6.61. The average molecular weight is 249 g/mol. The van der Waals surface area contributed by atoms with Crippen LogP contribution in [0.5, 0.6) is 0 Å². The van der Waals surface area contributed by atoms with Gasteiger partial charge in [0, 0.05) is 16.7 Å². The lowest BCUT2D eigenvalue weighted by Crippen LogP contribution is -2.35. The van der Waals surface area contributed by atoms with Crippen molar-refractivity contribution in [3.8, 4) is 0 Å². The summed E-state index contributed by atoms with van der Waals surface area (Å²) in [6.07, 6.45) is 4.09. The smallest absolute Gasteiger partial charge is 0.0161 e. The minimum atomic E-state index is 0.717. The van der Waals surface area contributed by atoms with Crippen LogP contribution in [0.25, 0.3) is 0 Å². The molecule has 1 fully saturated rings. The molecule has 17 heavy (non-hydrogen) atoms. The largest absolute Gasteiger partial charge is 0.313 e. The zero-order chi connectivity index (χ0) is 12.3. The normalized spacial score (nSPS) is 20.5. The molecule has 0 radical (unpaired) electrons. The number of piperidine rings is 1. The first kappa shape index (κ1) is 13.0. The predicted octanol–water partition coefficient (Wildman–Crippen LogP) is 3.85. The molecule has 1 saturated heterocycles. The SMILES string of the molecule is Cc1cc(C)c(SCC2CCCCN2)c(C)c1. The van der Waals surface area contributed by atoms with Crippen LogP contribution in [-0.4, -0.2) is 18.3 Å². The number of thioether (sulfide) groups is 1. The van der Waals surface area contributed by atoms with Gasteiger partial charge in [-0.25, -0.2) is 0 Å². The molecule has 1 aromatic carbocycles. The number of rotatable bonds is 3. The number of nitrogens with one attached hydrogen (secondary N) is 1. The maximum Gasteiger partial charge on any atom is 0.0161 e. The van der Waals surface area contributed by atoms with E-state index in [-0.39, 0.29) is 0 Å². The van der Waals surface area contributed by atoms with Gasteiger partial charge in [-0.05, 0) is 51.3 Å². The Morgan fingerprint density at radius 2 is 1.88 bits per heavy atom. The van der Waals surface area contributed by atoms with E-state index in [0.717, 1.165) is 0 Å². The molecule has 1 N–H and O–H groups in total. The van der Waals surface area contributed by atoms with E-state index in [0.29, 0.717) is 6.04 Å². The van der Waals surface area contributed by atoms with E-state index in [4.69, 9.17) is 0 Å². The van der Waals surface area contributed by atoms with E-state index in [1.807, 2.05) is 11.8 Å². The lowest BCUT2D eigenvalue weighted by atomic mass is 10.1. The molecule has 1 heterocycles. The highest BCUT2D eigenvalue weighted by molar-refractivity contribution is 7.99. The molecule has 0 bridgehead atoms. The molecular formula is C15H23NS. The van der Waals surface area contributed by atoms with Gasteiger partial charge in [0.05, 0.1) is 0 Å². The topological polar surface area (TPSA) is 12.0 Å². The van der Waals surface area contributed by atoms with Gasteiger partial charge in [-0.15, -0.1) is 11.8 Å². The van der Waals surface area contributed by atoms with E-state index < -0.39 is 0 Å². The Morgan fingerprint density at radius 1 is 1.18 bits per heavy atom. The molecule has 1 aliphatic rings. The Labute approximate surface area is 109 Å². The molecule has 94 valence electrons. The summed E-state index contributed by atoms with van der Waals surface area (Å²) < 4.78 is 0. The van der Waals surface area contributed by atoms with Gasteiger partial charge in [0.2, 0.25) is 0 Å². The summed E-state index contributed by atoms with van der Waals surface area (Å²) >= 11 is 2.03. The molecule has 1 aliphatic heterocycles. The van der Waals surface area contributed by atoms with Crippen molar-refractivity contribution in [2.75, 3.05) is 12.3 Å². The highest BCUT2D eigenvalue weighted by Gasteiger charge is 2.14. The van der Waals surface area contributed by atoms with Crippen molar-refractivity contribution in [3.63, 3.8) is 0 Å². The van der Waals surface area contributed by atoms with E-state index >= 15 is 0 Å². The fourth-order valence-electron chi connectivity index (χ4n) is 2.64. The van der Waals surface area contributed by atoms with E-state index in [2.05, 4.69) is 38.2 Å². The Balaban J connectivity index is 1.98. The first-order chi connectivity index (χ1) is 8.16. The van der Waals surface area contributed by atoms with Gasteiger partial charge in [-0.2, -0.15) is 0 Å². The maximum absolute atomic E-state index is 3.62. The summed E-state index contributed by atoms with van der Waals surface area (Å²) in [5.74, 6) is 1.21. The van der Waals surface area contributed by atoms with Gasteiger partial charge < -0.3 is 5.32 Å². The minimum absolute atomic E-state index is 0.717. The maximum atomic E-state index is 3.62. The molecule has 2 heteroatoms. The standard InChI is InChI=1S/C15H23NS/c1-11-8-12(2)15(13(3)9-11)17-10-14-6-4-5-7-16-14/h8-9,14,16H,4-7,10H2,1-3H3. The highest BCUT2D eigenvalue weighted by Crippen LogP contribution is 2.29. The van der Waals surface area contributed by atoms with Crippen LogP contribution >= 0.6 is 11.8 Å². The van der Waals surface area contributed by atoms with Gasteiger partial charge in [-0.1, -0.05) is 24.1 Å². The molecule has 0 amide bonds. The van der Waals surface area contributed by atoms with Crippen LogP contribution in [0.4, 0.5) is 0 Å². The lowest BCUT2D eigenvalue weighted by molar-refractivity contribution is 0.430. The van der Waals surface area contributed by atoms with Crippen LogP contribution in [-0.2, 0) is 0 Å². The van der Waals surface area contributed by atoms with Crippen molar-refractivity contribution in [2.24, 2.45) is 0 Å². The summed E-state index contributed by atoms with van der Waals surface area (Å²) in [4.78, 5) is 1.49. The number of hydrogen-bond acceptors (Lipinski definition) is 2. The van der Waals surface area contributed by atoms with Crippen LogP contribution in [0.3, 0.4) is 0 Å². The summed E-state index contributed by atoms with van der Waals surface area (Å²) in [6, 6.07) is 5.31. The van der Waals surface area contributed by atoms with Crippen molar-refractivity contribution in [1.29, 1.82) is 0 Å². The van der Waals surface area contributed by atoms with Gasteiger partial charge in [-0.3, -0.25) is 0 Å². The molecular weight excluding hydrogens is 226 g/mol. The van der Waals surface area contributed by atoms with Crippen molar-refractivity contribution >= 4 is 11.8 Å². The highest BCUT2D eigenvalue weighted by atomic mass is 32.2. The van der Waals surface area contributed by atoms with E-state index in [1.54, 1.807) is 0 Å². The summed E-state index contributed by atoms with van der Waals surface area (Å²) in [7, 11) is 0. The van der Waals surface area contributed by atoms with Crippen LogP contribution in [0.15, 0.2) is 17.0 Å². The van der Waals surface area contributed by atoms with Crippen molar-refractivity contribution in [3.05, 3.63) is 28.8 Å². The molecule has 0 aromatic heterocycles.